The number of aryl methyl sites for hydroxylation is 2. The van der Waals surface area contributed by atoms with Crippen LogP contribution in [0.15, 0.2) is 48.5 Å². The zero-order valence-corrected chi connectivity index (χ0v) is 12.0. The Balaban J connectivity index is 2.18. The number of nitrogens with zero attached hydrogens (tertiary/aromatic N) is 2. The van der Waals surface area contributed by atoms with Gasteiger partial charge in [0, 0.05) is 16.3 Å². The predicted octanol–water partition coefficient (Wildman–Crippen LogP) is 4.39. The summed E-state index contributed by atoms with van der Waals surface area (Å²) < 4.78 is 0. The van der Waals surface area contributed by atoms with Crippen molar-refractivity contribution in [2.75, 3.05) is 0 Å². The molecule has 2 aromatic carbocycles. The first-order chi connectivity index (χ1) is 10.2. The Labute approximate surface area is 122 Å². The summed E-state index contributed by atoms with van der Waals surface area (Å²) in [5.41, 5.74) is 6.30. The summed E-state index contributed by atoms with van der Waals surface area (Å²) >= 11 is 0. The van der Waals surface area contributed by atoms with Gasteiger partial charge in [0.25, 0.3) is 0 Å². The Morgan fingerprint density at radius 1 is 0.857 bits per heavy atom. The molecule has 0 aliphatic heterocycles. The number of benzene rings is 2. The Morgan fingerprint density at radius 3 is 2.48 bits per heavy atom. The maximum absolute atomic E-state index is 4.88. The van der Waals surface area contributed by atoms with Gasteiger partial charge in [-0.05, 0) is 19.9 Å². The minimum atomic E-state index is 0.944. The molecule has 21 heavy (non-hydrogen) atoms. The lowest BCUT2D eigenvalue weighted by Crippen LogP contribution is -1.89. The first-order valence-electron chi connectivity index (χ1n) is 7.04. The van der Waals surface area contributed by atoms with Gasteiger partial charge in [0.1, 0.15) is 11.0 Å². The average Bonchev–Trinajstić information content (AvgIpc) is 2.88. The minimum Gasteiger partial charge on any atom is -0.280 e. The van der Waals surface area contributed by atoms with Gasteiger partial charge in [0.2, 0.25) is 0 Å². The number of fused-ring (bicyclic) bond motifs is 3. The third kappa shape index (κ3) is 1.82. The van der Waals surface area contributed by atoms with Crippen molar-refractivity contribution in [3.8, 4) is 11.3 Å². The van der Waals surface area contributed by atoms with Crippen LogP contribution < -0.4 is 0 Å². The Hall–Kier alpha value is -2.68. The fraction of sp³-hybridized carbons (Fsp3) is 0.111. The van der Waals surface area contributed by atoms with Crippen molar-refractivity contribution in [3.63, 3.8) is 0 Å². The predicted molar refractivity (Wildman–Crippen MR) is 86.3 cm³/mol. The second-order valence-electron chi connectivity index (χ2n) is 5.42. The zero-order chi connectivity index (χ0) is 14.4. The first kappa shape index (κ1) is 12.1. The van der Waals surface area contributed by atoms with E-state index in [2.05, 4.69) is 59.6 Å². The van der Waals surface area contributed by atoms with Gasteiger partial charge in [-0.25, -0.2) is 4.98 Å². The lowest BCUT2D eigenvalue weighted by atomic mass is 10.0. The zero-order valence-electron chi connectivity index (χ0n) is 12.0. The van der Waals surface area contributed by atoms with Crippen molar-refractivity contribution in [2.45, 2.75) is 13.8 Å². The Bertz CT molecular complexity index is 967. The van der Waals surface area contributed by atoms with E-state index in [4.69, 9.17) is 4.98 Å². The van der Waals surface area contributed by atoms with Crippen LogP contribution in [0.25, 0.3) is 33.1 Å². The quantitative estimate of drug-likeness (QED) is 0.558. The molecule has 0 aliphatic carbocycles. The molecule has 4 rings (SSSR count). The highest BCUT2D eigenvalue weighted by Crippen LogP contribution is 2.32. The number of hydrogen-bond donors (Lipinski definition) is 1. The fourth-order valence-corrected chi connectivity index (χ4v) is 2.83. The average molecular weight is 273 g/mol. The van der Waals surface area contributed by atoms with E-state index in [1.807, 2.05) is 13.0 Å². The Kier molecular flexibility index (Phi) is 2.54. The summed E-state index contributed by atoms with van der Waals surface area (Å²) in [6.07, 6.45) is 0. The third-order valence-corrected chi connectivity index (χ3v) is 3.87. The van der Waals surface area contributed by atoms with Gasteiger partial charge < -0.3 is 0 Å². The number of aromatic amines is 1. The van der Waals surface area contributed by atoms with Crippen molar-refractivity contribution >= 4 is 21.8 Å². The highest BCUT2D eigenvalue weighted by molar-refractivity contribution is 6.09. The second kappa shape index (κ2) is 4.42. The molecule has 4 aromatic rings. The Morgan fingerprint density at radius 2 is 1.67 bits per heavy atom. The number of aromatic nitrogens is 3. The number of hydrogen-bond acceptors (Lipinski definition) is 2. The van der Waals surface area contributed by atoms with Gasteiger partial charge in [-0.1, -0.05) is 48.0 Å². The van der Waals surface area contributed by atoms with Crippen LogP contribution in [0.2, 0.25) is 0 Å². The van der Waals surface area contributed by atoms with Crippen LogP contribution in [0.5, 0.6) is 0 Å². The molecule has 3 heteroatoms. The standard InChI is InChI=1S/C18H15N3/c1-11-6-5-7-13(10-11)17-14-8-3-4-9-15(14)18-16(19-17)12(2)20-21-18/h3-10H,1-2H3,(H,20,21). The smallest absolute Gasteiger partial charge is 0.119 e. The number of nitrogens with one attached hydrogen (secondary N) is 1. The summed E-state index contributed by atoms with van der Waals surface area (Å²) in [6, 6.07) is 16.8. The highest BCUT2D eigenvalue weighted by Gasteiger charge is 2.13. The van der Waals surface area contributed by atoms with E-state index in [0.717, 1.165) is 38.8 Å². The van der Waals surface area contributed by atoms with Gasteiger partial charge in [0.05, 0.1) is 11.4 Å². The summed E-state index contributed by atoms with van der Waals surface area (Å²) in [4.78, 5) is 4.88. The molecule has 0 amide bonds. The largest absolute Gasteiger partial charge is 0.280 e. The minimum absolute atomic E-state index is 0.944. The first-order valence-corrected chi connectivity index (χ1v) is 7.04. The van der Waals surface area contributed by atoms with Crippen LogP contribution in [0.4, 0.5) is 0 Å². The van der Waals surface area contributed by atoms with Crippen LogP contribution in [-0.4, -0.2) is 15.2 Å². The molecular weight excluding hydrogens is 258 g/mol. The van der Waals surface area contributed by atoms with Crippen LogP contribution in [0, 0.1) is 13.8 Å². The van der Waals surface area contributed by atoms with E-state index in [-0.39, 0.29) is 0 Å². The molecule has 0 spiro atoms. The fourth-order valence-electron chi connectivity index (χ4n) is 2.83. The third-order valence-electron chi connectivity index (χ3n) is 3.87. The second-order valence-corrected chi connectivity index (χ2v) is 5.42. The molecule has 0 saturated carbocycles. The SMILES string of the molecule is Cc1cccc(-c2nc3c(C)[nH]nc3c3ccccc23)c1. The number of pyridine rings is 1. The topological polar surface area (TPSA) is 41.6 Å². The molecule has 102 valence electrons. The normalized spacial score (nSPS) is 11.3. The van der Waals surface area contributed by atoms with E-state index < -0.39 is 0 Å². The molecule has 3 nitrogen and oxygen atoms in total. The molecule has 0 aliphatic rings. The molecule has 2 aromatic heterocycles. The summed E-state index contributed by atoms with van der Waals surface area (Å²) in [7, 11) is 0. The van der Waals surface area contributed by atoms with Crippen molar-refractivity contribution in [2.24, 2.45) is 0 Å². The summed E-state index contributed by atoms with van der Waals surface area (Å²) in [5.74, 6) is 0. The van der Waals surface area contributed by atoms with Crippen molar-refractivity contribution in [3.05, 3.63) is 59.8 Å². The van der Waals surface area contributed by atoms with Crippen molar-refractivity contribution in [1.29, 1.82) is 0 Å². The van der Waals surface area contributed by atoms with Gasteiger partial charge in [-0.2, -0.15) is 5.10 Å². The highest BCUT2D eigenvalue weighted by atomic mass is 15.1. The van der Waals surface area contributed by atoms with Gasteiger partial charge in [-0.3, -0.25) is 5.10 Å². The van der Waals surface area contributed by atoms with Crippen LogP contribution in [0.1, 0.15) is 11.3 Å². The van der Waals surface area contributed by atoms with E-state index in [0.29, 0.717) is 0 Å². The molecule has 0 bridgehead atoms. The molecule has 0 radical (unpaired) electrons. The number of H-pyrrole nitrogens is 1. The lowest BCUT2D eigenvalue weighted by Gasteiger charge is -2.08. The monoisotopic (exact) mass is 273 g/mol. The van der Waals surface area contributed by atoms with E-state index in [1.165, 1.54) is 5.56 Å². The van der Waals surface area contributed by atoms with Crippen LogP contribution in [-0.2, 0) is 0 Å². The lowest BCUT2D eigenvalue weighted by molar-refractivity contribution is 1.07. The maximum atomic E-state index is 4.88. The molecule has 0 fully saturated rings. The van der Waals surface area contributed by atoms with Gasteiger partial charge >= 0.3 is 0 Å². The molecule has 1 N–H and O–H groups in total. The van der Waals surface area contributed by atoms with Crippen LogP contribution >= 0.6 is 0 Å². The van der Waals surface area contributed by atoms with Crippen LogP contribution in [0.3, 0.4) is 0 Å². The van der Waals surface area contributed by atoms with Gasteiger partial charge in [-0.15, -0.1) is 0 Å². The van der Waals surface area contributed by atoms with Crippen molar-refractivity contribution < 1.29 is 0 Å². The number of rotatable bonds is 1. The van der Waals surface area contributed by atoms with E-state index in [9.17, 15) is 0 Å². The van der Waals surface area contributed by atoms with Gasteiger partial charge in [0.15, 0.2) is 0 Å². The van der Waals surface area contributed by atoms with E-state index >= 15 is 0 Å². The molecule has 0 unspecified atom stereocenters. The molecular formula is C18H15N3. The summed E-state index contributed by atoms with van der Waals surface area (Å²) in [5, 5.41) is 9.74. The van der Waals surface area contributed by atoms with E-state index in [1.54, 1.807) is 0 Å². The van der Waals surface area contributed by atoms with Crippen molar-refractivity contribution in [1.82, 2.24) is 15.2 Å². The maximum Gasteiger partial charge on any atom is 0.119 e. The molecule has 2 heterocycles. The molecule has 0 atom stereocenters. The summed E-state index contributed by atoms with van der Waals surface area (Å²) in [6.45, 7) is 4.12. The molecule has 0 saturated heterocycles.